The molecule has 2 nitrogen and oxygen atoms in total. The monoisotopic (exact) mass is 285 g/mol. The fraction of sp³-hybridized carbons (Fsp3) is 0.533. The summed E-state index contributed by atoms with van der Waals surface area (Å²) in [5.74, 6) is -0.289. The average molecular weight is 285 g/mol. The van der Waals surface area contributed by atoms with Gasteiger partial charge in [0, 0.05) is 6.61 Å². The number of halogens is 3. The third kappa shape index (κ3) is 3.13. The Morgan fingerprint density at radius 2 is 1.75 bits per heavy atom. The highest BCUT2D eigenvalue weighted by Gasteiger charge is 2.43. The minimum atomic E-state index is -4.49. The molecule has 110 valence electrons. The number of hydrogen-bond acceptors (Lipinski definition) is 2. The first-order chi connectivity index (χ1) is 9.29. The van der Waals surface area contributed by atoms with E-state index >= 15 is 0 Å². The summed E-state index contributed by atoms with van der Waals surface area (Å²) in [7, 11) is 0. The van der Waals surface area contributed by atoms with Crippen LogP contribution in [0.2, 0.25) is 0 Å². The first-order valence-corrected chi connectivity index (χ1v) is 6.48. The maximum absolute atomic E-state index is 13.1. The largest absolute Gasteiger partial charge is 0.416 e. The molecule has 0 saturated heterocycles. The summed E-state index contributed by atoms with van der Waals surface area (Å²) in [4.78, 5) is 0. The number of nitriles is 1. The van der Waals surface area contributed by atoms with E-state index in [9.17, 15) is 18.4 Å². The molecule has 1 N–H and O–H groups in total. The van der Waals surface area contributed by atoms with Crippen LogP contribution >= 0.6 is 0 Å². The molecule has 0 heterocycles. The lowest BCUT2D eigenvalue weighted by Crippen LogP contribution is -2.33. The second kappa shape index (κ2) is 6.27. The van der Waals surface area contributed by atoms with Crippen molar-refractivity contribution in [1.82, 2.24) is 0 Å². The summed E-state index contributed by atoms with van der Waals surface area (Å²) in [6.07, 6.45) is -4.00. The van der Waals surface area contributed by atoms with Crippen molar-refractivity contribution in [3.05, 3.63) is 35.4 Å². The van der Waals surface area contributed by atoms with Gasteiger partial charge < -0.3 is 5.11 Å². The van der Waals surface area contributed by atoms with Crippen LogP contribution in [-0.4, -0.2) is 11.7 Å². The molecule has 1 aromatic rings. The van der Waals surface area contributed by atoms with Crippen LogP contribution in [0.3, 0.4) is 0 Å². The molecule has 1 unspecified atom stereocenters. The maximum atomic E-state index is 13.1. The number of aliphatic hydroxyl groups excluding tert-OH is 1. The first-order valence-electron chi connectivity index (χ1n) is 6.48. The fourth-order valence-corrected chi connectivity index (χ4v) is 2.46. The van der Waals surface area contributed by atoms with E-state index in [4.69, 9.17) is 5.11 Å². The number of nitrogens with zero attached hydrogens (tertiary/aromatic N) is 1. The van der Waals surface area contributed by atoms with Gasteiger partial charge in [-0.25, -0.2) is 0 Å². The third-order valence-electron chi connectivity index (χ3n) is 3.63. The summed E-state index contributed by atoms with van der Waals surface area (Å²) < 4.78 is 39.4. The lowest BCUT2D eigenvalue weighted by Gasteiger charge is -2.33. The van der Waals surface area contributed by atoms with Crippen molar-refractivity contribution in [2.75, 3.05) is 6.61 Å². The molecule has 1 aromatic carbocycles. The van der Waals surface area contributed by atoms with Crippen LogP contribution in [0.5, 0.6) is 0 Å². The van der Waals surface area contributed by atoms with Gasteiger partial charge in [-0.15, -0.1) is 0 Å². The lowest BCUT2D eigenvalue weighted by atomic mass is 9.68. The van der Waals surface area contributed by atoms with Crippen LogP contribution in [-0.2, 0) is 11.6 Å². The minimum Gasteiger partial charge on any atom is -0.396 e. The fourth-order valence-electron chi connectivity index (χ4n) is 2.46. The molecule has 0 saturated carbocycles. The number of alkyl halides is 3. The lowest BCUT2D eigenvalue weighted by molar-refractivity contribution is -0.138. The van der Waals surface area contributed by atoms with Gasteiger partial charge >= 0.3 is 6.18 Å². The smallest absolute Gasteiger partial charge is 0.396 e. The Kier molecular flexibility index (Phi) is 5.18. The van der Waals surface area contributed by atoms with Crippen molar-refractivity contribution in [3.8, 4) is 6.07 Å². The van der Waals surface area contributed by atoms with E-state index in [1.807, 2.05) is 0 Å². The molecule has 20 heavy (non-hydrogen) atoms. The molecular formula is C15H18F3NO. The van der Waals surface area contributed by atoms with Gasteiger partial charge in [-0.2, -0.15) is 18.4 Å². The Bertz CT molecular complexity index is 491. The quantitative estimate of drug-likeness (QED) is 0.891. The van der Waals surface area contributed by atoms with Crippen molar-refractivity contribution in [2.24, 2.45) is 5.92 Å². The van der Waals surface area contributed by atoms with E-state index in [1.165, 1.54) is 18.2 Å². The van der Waals surface area contributed by atoms with E-state index in [0.29, 0.717) is 0 Å². The van der Waals surface area contributed by atoms with Crippen LogP contribution in [0.25, 0.3) is 0 Å². The zero-order valence-corrected chi connectivity index (χ0v) is 11.5. The standard InChI is InChI=1S/C15H18F3NO/c1-11(2)14(10-19,8-5-9-20)12-6-3-4-7-13(12)15(16,17)18/h3-4,6-7,11,20H,5,8-9H2,1-2H3. The summed E-state index contributed by atoms with van der Waals surface area (Å²) in [6.45, 7) is 3.31. The van der Waals surface area contributed by atoms with Crippen LogP contribution in [0, 0.1) is 17.2 Å². The molecule has 0 bridgehead atoms. The minimum absolute atomic E-state index is 0.00144. The van der Waals surface area contributed by atoms with E-state index in [0.717, 1.165) is 6.07 Å². The second-order valence-corrected chi connectivity index (χ2v) is 5.11. The average Bonchev–Trinajstić information content (AvgIpc) is 2.39. The van der Waals surface area contributed by atoms with E-state index in [-0.39, 0.29) is 30.9 Å². The van der Waals surface area contributed by atoms with E-state index in [2.05, 4.69) is 6.07 Å². The molecule has 0 amide bonds. The van der Waals surface area contributed by atoms with Crippen LogP contribution in [0.4, 0.5) is 13.2 Å². The summed E-state index contributed by atoms with van der Waals surface area (Å²) in [5.41, 5.74) is -2.01. The number of hydrogen-bond donors (Lipinski definition) is 1. The SMILES string of the molecule is CC(C)C(C#N)(CCCO)c1ccccc1C(F)(F)F. The van der Waals surface area contributed by atoms with Crippen molar-refractivity contribution < 1.29 is 18.3 Å². The first kappa shape index (κ1) is 16.5. The van der Waals surface area contributed by atoms with Gasteiger partial charge in [0.05, 0.1) is 17.0 Å². The van der Waals surface area contributed by atoms with Gasteiger partial charge in [-0.1, -0.05) is 32.0 Å². The van der Waals surface area contributed by atoms with Gasteiger partial charge in [0.15, 0.2) is 0 Å². The molecule has 0 radical (unpaired) electrons. The van der Waals surface area contributed by atoms with Gasteiger partial charge in [0.2, 0.25) is 0 Å². The van der Waals surface area contributed by atoms with Crippen molar-refractivity contribution in [1.29, 1.82) is 5.26 Å². The van der Waals surface area contributed by atoms with Crippen LogP contribution < -0.4 is 0 Å². The molecular weight excluding hydrogens is 267 g/mol. The summed E-state index contributed by atoms with van der Waals surface area (Å²) in [5, 5.41) is 18.5. The summed E-state index contributed by atoms with van der Waals surface area (Å²) >= 11 is 0. The molecule has 0 aliphatic heterocycles. The number of rotatable bonds is 5. The molecule has 0 aromatic heterocycles. The molecule has 5 heteroatoms. The van der Waals surface area contributed by atoms with Gasteiger partial charge in [-0.3, -0.25) is 0 Å². The molecule has 0 aliphatic carbocycles. The predicted molar refractivity (Wildman–Crippen MR) is 69.9 cm³/mol. The highest BCUT2D eigenvalue weighted by Crippen LogP contribution is 2.43. The Morgan fingerprint density at radius 1 is 1.20 bits per heavy atom. The number of benzene rings is 1. The maximum Gasteiger partial charge on any atom is 0.416 e. The Labute approximate surface area is 116 Å². The Morgan fingerprint density at radius 3 is 2.15 bits per heavy atom. The molecule has 1 atom stereocenters. The van der Waals surface area contributed by atoms with Gasteiger partial charge in [0.25, 0.3) is 0 Å². The van der Waals surface area contributed by atoms with Crippen molar-refractivity contribution in [3.63, 3.8) is 0 Å². The topological polar surface area (TPSA) is 44.0 Å². The molecule has 0 fully saturated rings. The highest BCUT2D eigenvalue weighted by molar-refractivity contribution is 5.41. The normalized spacial score (nSPS) is 14.9. The molecule has 0 spiro atoms. The highest BCUT2D eigenvalue weighted by atomic mass is 19.4. The Balaban J connectivity index is 3.47. The van der Waals surface area contributed by atoms with E-state index < -0.39 is 17.2 Å². The zero-order chi connectivity index (χ0) is 15.4. The van der Waals surface area contributed by atoms with Crippen LogP contribution in [0.1, 0.15) is 37.8 Å². The van der Waals surface area contributed by atoms with E-state index in [1.54, 1.807) is 13.8 Å². The van der Waals surface area contributed by atoms with Crippen LogP contribution in [0.15, 0.2) is 24.3 Å². The zero-order valence-electron chi connectivity index (χ0n) is 11.5. The number of aliphatic hydroxyl groups is 1. The summed E-state index contributed by atoms with van der Waals surface area (Å²) in [6, 6.07) is 7.27. The van der Waals surface area contributed by atoms with Crippen molar-refractivity contribution >= 4 is 0 Å². The van der Waals surface area contributed by atoms with Crippen molar-refractivity contribution in [2.45, 2.75) is 38.3 Å². The predicted octanol–water partition coefficient (Wildman–Crippen LogP) is 3.90. The molecule has 1 rings (SSSR count). The Hall–Kier alpha value is -1.54. The van der Waals surface area contributed by atoms with Gasteiger partial charge in [-0.05, 0) is 30.4 Å². The third-order valence-corrected chi connectivity index (χ3v) is 3.63. The second-order valence-electron chi connectivity index (χ2n) is 5.11. The molecule has 0 aliphatic rings. The van der Waals surface area contributed by atoms with Gasteiger partial charge in [0.1, 0.15) is 0 Å².